The van der Waals surface area contributed by atoms with Crippen molar-refractivity contribution in [3.63, 3.8) is 0 Å². The third-order valence-corrected chi connectivity index (χ3v) is 16.7. The van der Waals surface area contributed by atoms with Crippen molar-refractivity contribution in [1.29, 1.82) is 0 Å². The zero-order valence-corrected chi connectivity index (χ0v) is 46.9. The van der Waals surface area contributed by atoms with E-state index in [1.54, 1.807) is 73.5 Å². The largest absolute Gasteiger partial charge is 0.459 e. The first-order valence-corrected chi connectivity index (χ1v) is 27.5. The van der Waals surface area contributed by atoms with Crippen LogP contribution in [-0.2, 0) is 50.1 Å². The molecule has 20 atom stereocenters. The third kappa shape index (κ3) is 14.6. The van der Waals surface area contributed by atoms with Crippen LogP contribution in [0.1, 0.15) is 124 Å². The van der Waals surface area contributed by atoms with Gasteiger partial charge in [0.05, 0.1) is 47.2 Å². The van der Waals surface area contributed by atoms with Crippen LogP contribution >= 0.6 is 11.8 Å². The molecule has 0 amide bonds. The number of halogens is 1. The number of benzene rings is 1. The fraction of sp³-hybridized carbons (Fsp3) is 0.830. The van der Waals surface area contributed by atoms with E-state index in [2.05, 4.69) is 10.3 Å². The number of methoxy groups -OCH3 is 2. The molecule has 0 spiro atoms. The zero-order chi connectivity index (χ0) is 54.3. The lowest BCUT2D eigenvalue weighted by Crippen LogP contribution is -2.61. The van der Waals surface area contributed by atoms with E-state index in [0.717, 1.165) is 11.3 Å². The number of likely N-dealkylation sites (N-methyl/N-ethyl adjacent to an activating group) is 2. The Kier molecular flexibility index (Phi) is 22.1. The quantitative estimate of drug-likeness (QED) is 0.134. The maximum atomic E-state index is 14.8. The molecule has 0 bridgehead atoms. The van der Waals surface area contributed by atoms with Gasteiger partial charge in [0.15, 0.2) is 12.6 Å². The minimum atomic E-state index is -1.85. The predicted octanol–water partition coefficient (Wildman–Crippen LogP) is 4.87. The minimum Gasteiger partial charge on any atom is -0.459 e. The molecule has 73 heavy (non-hydrogen) atoms. The van der Waals surface area contributed by atoms with Crippen molar-refractivity contribution in [2.45, 2.75) is 210 Å². The van der Waals surface area contributed by atoms with Crippen molar-refractivity contribution in [3.8, 4) is 0 Å². The molecule has 5 rings (SSSR count). The Morgan fingerprint density at radius 1 is 0.986 bits per heavy atom. The molecule has 0 aliphatic carbocycles. The van der Waals surface area contributed by atoms with E-state index in [9.17, 15) is 34.7 Å². The van der Waals surface area contributed by atoms with Crippen molar-refractivity contribution < 1.29 is 67.9 Å². The van der Waals surface area contributed by atoms with Crippen LogP contribution in [0.25, 0.3) is 0 Å². The molecule has 3 saturated heterocycles. The Bertz CT molecular complexity index is 2010. The van der Waals surface area contributed by atoms with E-state index in [1.807, 2.05) is 68.3 Å². The number of thioether (sulfide) groups is 1. The van der Waals surface area contributed by atoms with Gasteiger partial charge in [0, 0.05) is 70.1 Å². The number of aliphatic hydroxyl groups is 5. The summed E-state index contributed by atoms with van der Waals surface area (Å²) in [5, 5.41) is 68.5. The van der Waals surface area contributed by atoms with Crippen molar-refractivity contribution in [3.05, 3.63) is 47.3 Å². The second-order valence-electron chi connectivity index (χ2n) is 22.2. The van der Waals surface area contributed by atoms with Crippen LogP contribution in [0.2, 0.25) is 0 Å². The number of ether oxygens (including phenoxy) is 7. The van der Waals surface area contributed by atoms with Crippen LogP contribution in [0.15, 0.2) is 30.5 Å². The molecule has 1 aromatic carbocycles. The van der Waals surface area contributed by atoms with Crippen molar-refractivity contribution in [2.24, 2.45) is 17.8 Å². The first kappa shape index (κ1) is 61.4. The molecule has 0 unspecified atom stereocenters. The molecule has 4 heterocycles. The summed E-state index contributed by atoms with van der Waals surface area (Å²) < 4.78 is 60.4. The highest BCUT2D eigenvalue weighted by molar-refractivity contribution is 7.97. The summed E-state index contributed by atoms with van der Waals surface area (Å²) in [6, 6.07) is 6.15. The van der Waals surface area contributed by atoms with Gasteiger partial charge in [-0.25, -0.2) is 9.07 Å². The van der Waals surface area contributed by atoms with Gasteiger partial charge in [-0.2, -0.15) is 11.8 Å². The molecule has 5 N–H and O–H groups in total. The van der Waals surface area contributed by atoms with Crippen LogP contribution in [0.5, 0.6) is 0 Å². The highest BCUT2D eigenvalue weighted by Gasteiger charge is 2.53. The molecule has 18 nitrogen and oxygen atoms in total. The van der Waals surface area contributed by atoms with Crippen LogP contribution in [0, 0.1) is 17.8 Å². The Hall–Kier alpha value is -2.41. The molecule has 3 aliphatic heterocycles. The van der Waals surface area contributed by atoms with E-state index in [-0.39, 0.29) is 25.2 Å². The maximum absolute atomic E-state index is 14.8. The van der Waals surface area contributed by atoms with Gasteiger partial charge >= 0.3 is 5.97 Å². The van der Waals surface area contributed by atoms with Gasteiger partial charge in [0.2, 0.25) is 0 Å². The summed E-state index contributed by atoms with van der Waals surface area (Å²) in [4.78, 5) is 18.4. The number of cyclic esters (lactones) is 1. The average molecular weight is 1060 g/mol. The Morgan fingerprint density at radius 3 is 2.26 bits per heavy atom. The number of esters is 1. The van der Waals surface area contributed by atoms with Crippen molar-refractivity contribution in [2.75, 3.05) is 54.3 Å². The van der Waals surface area contributed by atoms with Crippen LogP contribution in [0.3, 0.4) is 0 Å². The van der Waals surface area contributed by atoms with E-state index in [4.69, 9.17) is 33.2 Å². The second kappa shape index (κ2) is 26.3. The van der Waals surface area contributed by atoms with Gasteiger partial charge in [0.1, 0.15) is 48.8 Å². The number of hydrogen-bond acceptors (Lipinski definition) is 18. The Morgan fingerprint density at radius 2 is 1.66 bits per heavy atom. The molecule has 3 fully saturated rings. The molecule has 3 aliphatic rings. The lowest BCUT2D eigenvalue weighted by molar-refractivity contribution is -0.318. The normalized spacial score (nSPS) is 39.6. The molecule has 418 valence electrons. The van der Waals surface area contributed by atoms with Gasteiger partial charge in [-0.15, -0.1) is 5.10 Å². The van der Waals surface area contributed by atoms with Crippen molar-refractivity contribution >= 4 is 17.7 Å². The summed E-state index contributed by atoms with van der Waals surface area (Å²) in [6.07, 6.45) is -5.76. The molecule has 20 heteroatoms. The number of aliphatic hydroxyl groups excluding tert-OH is 3. The highest BCUT2D eigenvalue weighted by atomic mass is 32.2. The van der Waals surface area contributed by atoms with E-state index < -0.39 is 127 Å². The van der Waals surface area contributed by atoms with Crippen LogP contribution in [0.4, 0.5) is 4.39 Å². The molecule has 0 saturated carbocycles. The monoisotopic (exact) mass is 1060 g/mol. The van der Waals surface area contributed by atoms with Crippen molar-refractivity contribution in [1.82, 2.24) is 24.8 Å². The first-order chi connectivity index (χ1) is 34.3. The third-order valence-electron chi connectivity index (χ3n) is 16.1. The molecular weight excluding hydrogens is 966 g/mol. The smallest absolute Gasteiger partial charge is 0.311 e. The van der Waals surface area contributed by atoms with Crippen LogP contribution < -0.4 is 0 Å². The Balaban J connectivity index is 1.44. The highest BCUT2D eigenvalue weighted by Crippen LogP contribution is 2.41. The summed E-state index contributed by atoms with van der Waals surface area (Å²) in [5.41, 5.74) is -1.95. The summed E-state index contributed by atoms with van der Waals surface area (Å²) in [6.45, 7) is 17.6. The van der Waals surface area contributed by atoms with E-state index in [1.165, 1.54) is 24.3 Å². The standard InChI is InChI=1S/C53H90FN5O13S/c1-16-41-53(10,65)46(61)34(6)58(12)27-30(2)24-51(8,64)48(32(4)44(33(5)49(63)70-41)71-42-25-52(9,67-14)47(62)35(7)69-42)72-50-43(60)39(23-31(3)68-50)57(11)22-21-38-28-59(56-55-38)40(26-54)45(66-13)37-19-17-36(18-20-37)29-73-15/h17-20,28,30-35,39-48,50,60-62,64-65H,16,21-27,29H2,1-15H3/t30-,31-,32+,33-,34-,35+,39+,40-,41-,42+,43-,44+,45-,46-,47+,48-,50+,51-,52-,53-/m1/s1. The van der Waals surface area contributed by atoms with Gasteiger partial charge in [-0.1, -0.05) is 50.3 Å². The molecule has 0 radical (unpaired) electrons. The Labute approximate surface area is 437 Å². The van der Waals surface area contributed by atoms with Gasteiger partial charge in [0.25, 0.3) is 0 Å². The number of alkyl halides is 1. The summed E-state index contributed by atoms with van der Waals surface area (Å²) >= 11 is 1.73. The fourth-order valence-electron chi connectivity index (χ4n) is 11.5. The van der Waals surface area contributed by atoms with Gasteiger partial charge in [-0.3, -0.25) is 4.79 Å². The minimum absolute atomic E-state index is 0.0883. The average Bonchev–Trinajstić information content (AvgIpc) is 3.82. The maximum Gasteiger partial charge on any atom is 0.311 e. The van der Waals surface area contributed by atoms with Gasteiger partial charge in [-0.05, 0) is 105 Å². The SMILES string of the molecule is CC[C@H]1OC(=O)[C@H](C)[C@@H](O[C@H]2C[C@@](C)(OC)[C@@H](O)[C@H](C)O2)[C@H](C)[C@@H](O[C@@H]2O[C@H](C)C[C@H](N(C)CCc3cn([C@H](CF)[C@H](OC)c4ccc(CSC)cc4)nn3)[C@H]2O)[C@](C)(O)C[C@@H](C)CN(C)[C@H](C)[C@@H](O)[C@]1(C)O. The summed E-state index contributed by atoms with van der Waals surface area (Å²) in [7, 11) is 6.78. The number of rotatable bonds is 17. The van der Waals surface area contributed by atoms with Crippen LogP contribution in [-0.4, -0.2) is 201 Å². The number of carbonyl (C=O) groups excluding carboxylic acids is 1. The number of hydrogen-bond donors (Lipinski definition) is 5. The number of aromatic nitrogens is 3. The predicted molar refractivity (Wildman–Crippen MR) is 275 cm³/mol. The summed E-state index contributed by atoms with van der Waals surface area (Å²) in [5.74, 6) is -1.98. The molecule has 2 aromatic rings. The van der Waals surface area contributed by atoms with E-state index >= 15 is 0 Å². The topological polar surface area (TPSA) is 220 Å². The van der Waals surface area contributed by atoms with Gasteiger partial charge < -0.3 is 68.5 Å². The molecule has 1 aromatic heterocycles. The fourth-order valence-corrected chi connectivity index (χ4v) is 12.0. The zero-order valence-electron chi connectivity index (χ0n) is 46.1. The molecular formula is C53H90FN5O13S. The number of carbonyl (C=O) groups is 1. The van der Waals surface area contributed by atoms with E-state index in [0.29, 0.717) is 31.6 Å². The number of nitrogens with zero attached hydrogens (tertiary/aromatic N) is 5. The second-order valence-corrected chi connectivity index (χ2v) is 23.0. The lowest BCUT2D eigenvalue weighted by atomic mass is 9.77. The lowest BCUT2D eigenvalue weighted by Gasteiger charge is -2.49. The first-order valence-electron chi connectivity index (χ1n) is 26.1.